The standard InChI is InChI=1S/C13H22N2O5/c1-3-4-15(9-12(17)18)13(19)10-7-11(16)14(8-10)5-6-20-2/h10H,3-9H2,1-2H3,(H,17,18). The highest BCUT2D eigenvalue weighted by Crippen LogP contribution is 2.20. The van der Waals surface area contributed by atoms with Crippen molar-refractivity contribution in [3.63, 3.8) is 0 Å². The van der Waals surface area contributed by atoms with E-state index in [2.05, 4.69) is 0 Å². The van der Waals surface area contributed by atoms with E-state index in [4.69, 9.17) is 9.84 Å². The van der Waals surface area contributed by atoms with Crippen LogP contribution < -0.4 is 0 Å². The van der Waals surface area contributed by atoms with Crippen molar-refractivity contribution in [2.45, 2.75) is 19.8 Å². The minimum Gasteiger partial charge on any atom is -0.480 e. The summed E-state index contributed by atoms with van der Waals surface area (Å²) < 4.78 is 4.92. The molecule has 1 aliphatic heterocycles. The Bertz CT molecular complexity index is 372. The minimum absolute atomic E-state index is 0.0767. The zero-order valence-electron chi connectivity index (χ0n) is 12.0. The third kappa shape index (κ3) is 4.48. The maximum absolute atomic E-state index is 12.3. The number of hydrogen-bond donors (Lipinski definition) is 1. The van der Waals surface area contributed by atoms with Gasteiger partial charge in [-0.25, -0.2) is 0 Å². The predicted octanol–water partition coefficient (Wildman–Crippen LogP) is -0.195. The largest absolute Gasteiger partial charge is 0.480 e. The van der Waals surface area contributed by atoms with Crippen molar-refractivity contribution in [1.82, 2.24) is 9.80 Å². The molecule has 114 valence electrons. The summed E-state index contributed by atoms with van der Waals surface area (Å²) in [7, 11) is 1.55. The van der Waals surface area contributed by atoms with Crippen molar-refractivity contribution in [2.24, 2.45) is 5.92 Å². The first-order valence-electron chi connectivity index (χ1n) is 6.76. The van der Waals surface area contributed by atoms with Crippen molar-refractivity contribution in [3.05, 3.63) is 0 Å². The molecule has 1 N–H and O–H groups in total. The monoisotopic (exact) mass is 286 g/mol. The van der Waals surface area contributed by atoms with Crippen molar-refractivity contribution < 1.29 is 24.2 Å². The molecule has 1 saturated heterocycles. The highest BCUT2D eigenvalue weighted by molar-refractivity contribution is 5.90. The van der Waals surface area contributed by atoms with E-state index in [0.29, 0.717) is 32.7 Å². The van der Waals surface area contributed by atoms with E-state index in [0.717, 1.165) is 0 Å². The quantitative estimate of drug-likeness (QED) is 0.668. The summed E-state index contributed by atoms with van der Waals surface area (Å²) in [4.78, 5) is 37.8. The van der Waals surface area contributed by atoms with E-state index < -0.39 is 11.9 Å². The van der Waals surface area contributed by atoms with E-state index in [1.54, 1.807) is 12.0 Å². The molecule has 1 rings (SSSR count). The lowest BCUT2D eigenvalue weighted by Crippen LogP contribution is -2.41. The Kier molecular flexibility index (Phi) is 6.44. The maximum atomic E-state index is 12.3. The lowest BCUT2D eigenvalue weighted by atomic mass is 10.1. The summed E-state index contributed by atoms with van der Waals surface area (Å²) in [5.74, 6) is -1.80. The second-order valence-corrected chi connectivity index (χ2v) is 4.89. The van der Waals surface area contributed by atoms with Crippen LogP contribution in [0.1, 0.15) is 19.8 Å². The Labute approximate surface area is 118 Å². The van der Waals surface area contributed by atoms with Gasteiger partial charge in [-0.3, -0.25) is 14.4 Å². The first-order chi connectivity index (χ1) is 9.49. The van der Waals surface area contributed by atoms with Gasteiger partial charge in [-0.05, 0) is 6.42 Å². The molecule has 0 saturated carbocycles. The van der Waals surface area contributed by atoms with Gasteiger partial charge in [0.15, 0.2) is 0 Å². The van der Waals surface area contributed by atoms with Gasteiger partial charge in [0.2, 0.25) is 11.8 Å². The normalized spacial score (nSPS) is 18.4. The number of nitrogens with zero attached hydrogens (tertiary/aromatic N) is 2. The number of hydrogen-bond acceptors (Lipinski definition) is 4. The van der Waals surface area contributed by atoms with Crippen molar-refractivity contribution in [1.29, 1.82) is 0 Å². The number of carboxylic acids is 1. The zero-order chi connectivity index (χ0) is 15.1. The summed E-state index contributed by atoms with van der Waals surface area (Å²) in [5.41, 5.74) is 0. The number of likely N-dealkylation sites (tertiary alicyclic amines) is 1. The molecule has 2 amide bonds. The molecule has 20 heavy (non-hydrogen) atoms. The Morgan fingerprint density at radius 3 is 2.75 bits per heavy atom. The maximum Gasteiger partial charge on any atom is 0.323 e. The van der Waals surface area contributed by atoms with Crippen LogP contribution in [0.15, 0.2) is 0 Å². The Morgan fingerprint density at radius 1 is 1.50 bits per heavy atom. The lowest BCUT2D eigenvalue weighted by molar-refractivity contribution is -0.146. The third-order valence-electron chi connectivity index (χ3n) is 3.26. The topological polar surface area (TPSA) is 87.2 Å². The smallest absolute Gasteiger partial charge is 0.323 e. The molecule has 0 radical (unpaired) electrons. The molecule has 1 heterocycles. The molecular weight excluding hydrogens is 264 g/mol. The third-order valence-corrected chi connectivity index (χ3v) is 3.26. The highest BCUT2D eigenvalue weighted by Gasteiger charge is 2.36. The number of methoxy groups -OCH3 is 1. The fourth-order valence-electron chi connectivity index (χ4n) is 2.31. The van der Waals surface area contributed by atoms with Crippen LogP contribution in [-0.4, -0.2) is 72.6 Å². The number of carboxylic acid groups (broad SMARTS) is 1. The molecule has 0 bridgehead atoms. The van der Waals surface area contributed by atoms with Crippen LogP contribution in [0, 0.1) is 5.92 Å². The van der Waals surface area contributed by atoms with Gasteiger partial charge >= 0.3 is 5.97 Å². The van der Waals surface area contributed by atoms with E-state index in [1.807, 2.05) is 6.92 Å². The minimum atomic E-state index is -1.03. The number of aliphatic carboxylic acids is 1. The van der Waals surface area contributed by atoms with E-state index >= 15 is 0 Å². The second kappa shape index (κ2) is 7.84. The van der Waals surface area contributed by atoms with Gasteiger partial charge in [0, 0.05) is 33.2 Å². The van der Waals surface area contributed by atoms with Gasteiger partial charge < -0.3 is 19.6 Å². The summed E-state index contributed by atoms with van der Waals surface area (Å²) in [6.45, 7) is 3.21. The first kappa shape index (κ1) is 16.4. The fraction of sp³-hybridized carbons (Fsp3) is 0.769. The van der Waals surface area contributed by atoms with Crippen LogP contribution in [0.2, 0.25) is 0 Å². The van der Waals surface area contributed by atoms with Gasteiger partial charge in [-0.1, -0.05) is 6.92 Å². The van der Waals surface area contributed by atoms with Crippen LogP contribution >= 0.6 is 0 Å². The van der Waals surface area contributed by atoms with E-state index in [9.17, 15) is 14.4 Å². The molecule has 1 unspecified atom stereocenters. The number of rotatable bonds is 8. The summed E-state index contributed by atoms with van der Waals surface area (Å²) in [6.07, 6.45) is 0.843. The zero-order valence-corrected chi connectivity index (χ0v) is 12.0. The molecule has 7 heteroatoms. The first-order valence-corrected chi connectivity index (χ1v) is 6.76. The molecule has 1 atom stereocenters. The van der Waals surface area contributed by atoms with E-state index in [-0.39, 0.29) is 24.8 Å². The molecule has 0 aromatic carbocycles. The molecule has 7 nitrogen and oxygen atoms in total. The lowest BCUT2D eigenvalue weighted by Gasteiger charge is -2.23. The number of carbonyl (C=O) groups excluding carboxylic acids is 2. The van der Waals surface area contributed by atoms with Crippen molar-refractivity contribution in [3.8, 4) is 0 Å². The summed E-state index contributed by atoms with van der Waals surface area (Å²) in [5, 5.41) is 8.83. The summed E-state index contributed by atoms with van der Waals surface area (Å²) >= 11 is 0. The van der Waals surface area contributed by atoms with Crippen LogP contribution in [-0.2, 0) is 19.1 Å². The molecule has 0 aromatic heterocycles. The molecule has 0 aromatic rings. The highest BCUT2D eigenvalue weighted by atomic mass is 16.5. The summed E-state index contributed by atoms with van der Waals surface area (Å²) in [6, 6.07) is 0. The van der Waals surface area contributed by atoms with Crippen LogP contribution in [0.5, 0.6) is 0 Å². The SMILES string of the molecule is CCCN(CC(=O)O)C(=O)C1CC(=O)N(CCOC)C1. The van der Waals surface area contributed by atoms with Gasteiger partial charge in [0.25, 0.3) is 0 Å². The molecule has 1 aliphatic rings. The number of carbonyl (C=O) groups is 3. The Hall–Kier alpha value is -1.63. The molecule has 0 aliphatic carbocycles. The van der Waals surface area contributed by atoms with Gasteiger partial charge in [0.1, 0.15) is 6.54 Å². The number of ether oxygens (including phenoxy) is 1. The fourth-order valence-corrected chi connectivity index (χ4v) is 2.31. The molecule has 0 spiro atoms. The predicted molar refractivity (Wildman–Crippen MR) is 71.1 cm³/mol. The Balaban J connectivity index is 2.61. The van der Waals surface area contributed by atoms with Crippen LogP contribution in [0.25, 0.3) is 0 Å². The molecule has 1 fully saturated rings. The molecular formula is C13H22N2O5. The van der Waals surface area contributed by atoms with Gasteiger partial charge in [-0.15, -0.1) is 0 Å². The average molecular weight is 286 g/mol. The second-order valence-electron chi connectivity index (χ2n) is 4.89. The van der Waals surface area contributed by atoms with Crippen molar-refractivity contribution in [2.75, 3.05) is 39.9 Å². The van der Waals surface area contributed by atoms with Crippen LogP contribution in [0.3, 0.4) is 0 Å². The number of amides is 2. The van der Waals surface area contributed by atoms with Gasteiger partial charge in [-0.2, -0.15) is 0 Å². The average Bonchev–Trinajstić information content (AvgIpc) is 2.76. The van der Waals surface area contributed by atoms with Gasteiger partial charge in [0.05, 0.1) is 12.5 Å². The van der Waals surface area contributed by atoms with Crippen LogP contribution in [0.4, 0.5) is 0 Å². The Morgan fingerprint density at radius 2 is 2.20 bits per heavy atom. The van der Waals surface area contributed by atoms with E-state index in [1.165, 1.54) is 4.90 Å². The van der Waals surface area contributed by atoms with Crippen molar-refractivity contribution >= 4 is 17.8 Å².